The maximum absolute atomic E-state index is 10.8. The van der Waals surface area contributed by atoms with Crippen LogP contribution in [0.1, 0.15) is 6.92 Å². The van der Waals surface area contributed by atoms with E-state index in [4.69, 9.17) is 0 Å². The lowest BCUT2D eigenvalue weighted by Gasteiger charge is -1.82. The zero-order chi connectivity index (χ0) is 5.15. The molecule has 44 valence electrons. The minimum absolute atomic E-state index is 0. The largest absolute Gasteiger partial charge is 0.295 e. The lowest BCUT2D eigenvalue weighted by atomic mass is 10.5. The van der Waals surface area contributed by atoms with Gasteiger partial charge in [0.2, 0.25) is 0 Å². The number of hydrogen-bond acceptors (Lipinski definition) is 1. The predicted octanol–water partition coefficient (Wildman–Crippen LogP) is 1.26. The molecule has 0 heterocycles. The first-order chi connectivity index (χ1) is 2.64. The summed E-state index contributed by atoms with van der Waals surface area (Å²) in [6.45, 7) is 0.852. The van der Waals surface area contributed by atoms with E-state index in [0.717, 1.165) is 6.92 Å². The van der Waals surface area contributed by atoms with Crippen LogP contribution in [0, 0.1) is 0 Å². The minimum Gasteiger partial charge on any atom is -0.294 e. The molecule has 0 radical (unpaired) electrons. The van der Waals surface area contributed by atoms with E-state index < -0.39 is 12.2 Å². The summed E-state index contributed by atoms with van der Waals surface area (Å²) in [5, 5.41) is 0. The zero-order valence-corrected chi connectivity index (χ0v) is 4.47. The second-order valence-electron chi connectivity index (χ2n) is 0.911. The predicted molar refractivity (Wildman–Crippen MR) is 23.9 cm³/mol. The van der Waals surface area contributed by atoms with Crippen LogP contribution >= 0.6 is 12.4 Å². The average molecular weight is 131 g/mol. The highest BCUT2D eigenvalue weighted by Crippen LogP contribution is 1.89. The Kier molecular flexibility index (Phi) is 5.67. The van der Waals surface area contributed by atoms with Gasteiger partial charge in [-0.05, 0) is 0 Å². The molecule has 0 aromatic heterocycles. The lowest BCUT2D eigenvalue weighted by molar-refractivity contribution is -0.127. The van der Waals surface area contributed by atoms with Crippen LogP contribution in [-0.2, 0) is 4.79 Å². The van der Waals surface area contributed by atoms with E-state index in [-0.39, 0.29) is 12.4 Å². The molecule has 0 rings (SSSR count). The summed E-state index contributed by atoms with van der Waals surface area (Å²) in [6, 6.07) is 0. The molecule has 0 aromatic carbocycles. The van der Waals surface area contributed by atoms with Gasteiger partial charge in [0.1, 0.15) is 0 Å². The van der Waals surface area contributed by atoms with Crippen LogP contribution in [0.3, 0.4) is 0 Å². The summed E-state index contributed by atoms with van der Waals surface area (Å²) in [7, 11) is 0. The summed E-state index contributed by atoms with van der Waals surface area (Å²) in [6.07, 6.45) is -2.79. The van der Waals surface area contributed by atoms with Gasteiger partial charge in [-0.1, -0.05) is 0 Å². The van der Waals surface area contributed by atoms with Crippen molar-refractivity contribution in [1.29, 1.82) is 0 Å². The van der Waals surface area contributed by atoms with Crippen molar-refractivity contribution in [3.05, 3.63) is 0 Å². The van der Waals surface area contributed by atoms with Crippen molar-refractivity contribution in [1.82, 2.24) is 0 Å². The highest BCUT2D eigenvalue weighted by atomic mass is 35.5. The number of carbonyl (C=O) groups is 1. The summed E-state index contributed by atoms with van der Waals surface area (Å²) in [4.78, 5) is 9.39. The first-order valence-electron chi connectivity index (χ1n) is 1.43. The van der Waals surface area contributed by atoms with E-state index in [9.17, 15) is 13.6 Å². The molecule has 0 amide bonds. The quantitative estimate of drug-likeness (QED) is 0.522. The number of ketones is 1. The average Bonchev–Trinajstić information content (AvgIpc) is 1.36. The monoisotopic (exact) mass is 130 g/mol. The third-order valence-electron chi connectivity index (χ3n) is 0.307. The Labute approximate surface area is 46.1 Å². The van der Waals surface area contributed by atoms with Gasteiger partial charge in [-0.15, -0.1) is 12.4 Å². The summed E-state index contributed by atoms with van der Waals surface area (Å²) in [5.41, 5.74) is 0. The molecule has 0 N–H and O–H groups in total. The van der Waals surface area contributed by atoms with Crippen molar-refractivity contribution in [2.24, 2.45) is 0 Å². The molecule has 0 aliphatic rings. The fourth-order valence-electron chi connectivity index (χ4n) is 0. The van der Waals surface area contributed by atoms with Gasteiger partial charge in [-0.25, -0.2) is 8.78 Å². The van der Waals surface area contributed by atoms with E-state index in [1.54, 1.807) is 0 Å². The molecule has 0 aromatic rings. The van der Waals surface area contributed by atoms with Crippen LogP contribution in [-0.4, -0.2) is 12.2 Å². The first kappa shape index (κ1) is 9.94. The van der Waals surface area contributed by atoms with Crippen LogP contribution in [0.4, 0.5) is 8.78 Å². The number of halogens is 3. The fourth-order valence-corrected chi connectivity index (χ4v) is 0. The van der Waals surface area contributed by atoms with Crippen LogP contribution in [0.15, 0.2) is 0 Å². The van der Waals surface area contributed by atoms with Crippen molar-refractivity contribution < 1.29 is 13.6 Å². The summed E-state index contributed by atoms with van der Waals surface area (Å²) < 4.78 is 21.6. The molecule has 0 aliphatic carbocycles. The SMILES string of the molecule is CC(=O)C(F)F.Cl. The Morgan fingerprint density at radius 1 is 1.57 bits per heavy atom. The van der Waals surface area contributed by atoms with E-state index in [2.05, 4.69) is 0 Å². The lowest BCUT2D eigenvalue weighted by Crippen LogP contribution is -2.02. The second kappa shape index (κ2) is 3.99. The Bertz CT molecular complexity index is 64.0. The highest BCUT2D eigenvalue weighted by Gasteiger charge is 2.05. The van der Waals surface area contributed by atoms with Crippen molar-refractivity contribution >= 4 is 18.2 Å². The highest BCUT2D eigenvalue weighted by molar-refractivity contribution is 5.85. The number of rotatable bonds is 1. The molecule has 0 unspecified atom stereocenters. The van der Waals surface area contributed by atoms with Gasteiger partial charge < -0.3 is 0 Å². The van der Waals surface area contributed by atoms with Crippen molar-refractivity contribution in [2.45, 2.75) is 13.3 Å². The van der Waals surface area contributed by atoms with Gasteiger partial charge in [-0.2, -0.15) is 0 Å². The Morgan fingerprint density at radius 2 is 1.71 bits per heavy atom. The Morgan fingerprint density at radius 3 is 1.71 bits per heavy atom. The van der Waals surface area contributed by atoms with Gasteiger partial charge in [0.05, 0.1) is 0 Å². The maximum atomic E-state index is 10.8. The second-order valence-corrected chi connectivity index (χ2v) is 0.911. The molecule has 0 aliphatic heterocycles. The Hall–Kier alpha value is -0.180. The number of Topliss-reactive ketones (excluding diaryl/α,β-unsaturated/α-hetero) is 1. The van der Waals surface area contributed by atoms with Crippen LogP contribution in [0.5, 0.6) is 0 Å². The van der Waals surface area contributed by atoms with E-state index in [0.29, 0.717) is 0 Å². The third-order valence-corrected chi connectivity index (χ3v) is 0.307. The normalized spacial score (nSPS) is 8.00. The topological polar surface area (TPSA) is 17.1 Å². The molecule has 7 heavy (non-hydrogen) atoms. The van der Waals surface area contributed by atoms with Crippen molar-refractivity contribution in [3.63, 3.8) is 0 Å². The fraction of sp³-hybridized carbons (Fsp3) is 0.667. The molecular formula is C3H5ClF2O. The minimum atomic E-state index is -2.79. The van der Waals surface area contributed by atoms with Crippen molar-refractivity contribution in [2.75, 3.05) is 0 Å². The first-order valence-corrected chi connectivity index (χ1v) is 1.43. The van der Waals surface area contributed by atoms with E-state index in [1.165, 1.54) is 0 Å². The third kappa shape index (κ3) is 5.82. The van der Waals surface area contributed by atoms with Crippen LogP contribution < -0.4 is 0 Å². The van der Waals surface area contributed by atoms with E-state index in [1.807, 2.05) is 0 Å². The molecule has 0 bridgehead atoms. The van der Waals surface area contributed by atoms with Gasteiger partial charge in [-0.3, -0.25) is 4.79 Å². The summed E-state index contributed by atoms with van der Waals surface area (Å²) >= 11 is 0. The molecule has 0 spiro atoms. The van der Waals surface area contributed by atoms with Gasteiger partial charge in [0, 0.05) is 6.92 Å². The van der Waals surface area contributed by atoms with Crippen LogP contribution in [0.25, 0.3) is 0 Å². The van der Waals surface area contributed by atoms with E-state index >= 15 is 0 Å². The van der Waals surface area contributed by atoms with Crippen molar-refractivity contribution in [3.8, 4) is 0 Å². The molecule has 0 saturated carbocycles. The zero-order valence-electron chi connectivity index (χ0n) is 3.65. The maximum Gasteiger partial charge on any atom is 0.295 e. The standard InChI is InChI=1S/C3H4F2O.ClH/c1-2(6)3(4)5;/h3H,1H3;1H. The van der Waals surface area contributed by atoms with Gasteiger partial charge in [0.15, 0.2) is 5.78 Å². The molecule has 0 fully saturated rings. The molecule has 0 atom stereocenters. The molecule has 0 saturated heterocycles. The van der Waals surface area contributed by atoms with Gasteiger partial charge in [0.25, 0.3) is 6.43 Å². The molecular weight excluding hydrogens is 125 g/mol. The number of hydrogen-bond donors (Lipinski definition) is 0. The Balaban J connectivity index is 0. The van der Waals surface area contributed by atoms with Gasteiger partial charge >= 0.3 is 0 Å². The molecule has 1 nitrogen and oxygen atoms in total. The number of alkyl halides is 2. The van der Waals surface area contributed by atoms with Crippen LogP contribution in [0.2, 0.25) is 0 Å². The molecule has 4 heteroatoms. The number of carbonyl (C=O) groups excluding carboxylic acids is 1. The summed E-state index contributed by atoms with van der Waals surface area (Å²) in [5.74, 6) is -1.07. The smallest absolute Gasteiger partial charge is 0.294 e.